The van der Waals surface area contributed by atoms with Gasteiger partial charge in [-0.05, 0) is 30.4 Å². The second-order valence-corrected chi connectivity index (χ2v) is 5.95. The van der Waals surface area contributed by atoms with E-state index in [4.69, 9.17) is 0 Å². The lowest BCUT2D eigenvalue weighted by Crippen LogP contribution is -2.42. The third kappa shape index (κ3) is 4.66. The third-order valence-corrected chi connectivity index (χ3v) is 3.17. The molecule has 6 heteroatoms. The van der Waals surface area contributed by atoms with Crippen LogP contribution in [0.1, 0.15) is 38.3 Å². The standard InChI is InChI=1S/C15H19F5O/c1-10(2)7-11-5-4-6-12(8-11)13(3,21)9-14(16,17)15(18,19)20/h4-6,8,10,21H,7,9H2,1-3H3. The molecular formula is C15H19F5O. The highest BCUT2D eigenvalue weighted by atomic mass is 19.4. The van der Waals surface area contributed by atoms with Gasteiger partial charge in [-0.15, -0.1) is 0 Å². The van der Waals surface area contributed by atoms with Crippen molar-refractivity contribution >= 4 is 0 Å². The minimum atomic E-state index is -5.67. The van der Waals surface area contributed by atoms with Crippen LogP contribution in [-0.4, -0.2) is 17.2 Å². The van der Waals surface area contributed by atoms with Gasteiger partial charge in [-0.1, -0.05) is 38.1 Å². The fraction of sp³-hybridized carbons (Fsp3) is 0.600. The van der Waals surface area contributed by atoms with Gasteiger partial charge in [0.25, 0.3) is 0 Å². The molecule has 120 valence electrons. The number of halogens is 5. The quantitative estimate of drug-likeness (QED) is 0.783. The van der Waals surface area contributed by atoms with E-state index in [9.17, 15) is 27.1 Å². The molecule has 0 aliphatic heterocycles. The Morgan fingerprint density at radius 3 is 2.14 bits per heavy atom. The van der Waals surface area contributed by atoms with Crippen LogP contribution in [0.2, 0.25) is 0 Å². The smallest absolute Gasteiger partial charge is 0.385 e. The molecule has 1 N–H and O–H groups in total. The molecule has 0 bridgehead atoms. The SMILES string of the molecule is CC(C)Cc1cccc(C(C)(O)CC(F)(F)C(F)(F)F)c1. The van der Waals surface area contributed by atoms with Crippen molar-refractivity contribution in [1.82, 2.24) is 0 Å². The lowest BCUT2D eigenvalue weighted by Gasteiger charge is -2.30. The van der Waals surface area contributed by atoms with Crippen LogP contribution < -0.4 is 0 Å². The summed E-state index contributed by atoms with van der Waals surface area (Å²) in [5.41, 5.74) is -1.41. The van der Waals surface area contributed by atoms with Crippen molar-refractivity contribution in [2.75, 3.05) is 0 Å². The Morgan fingerprint density at radius 1 is 1.10 bits per heavy atom. The Balaban J connectivity index is 3.02. The highest BCUT2D eigenvalue weighted by Crippen LogP contribution is 2.43. The van der Waals surface area contributed by atoms with Crippen LogP contribution in [-0.2, 0) is 12.0 Å². The summed E-state index contributed by atoms with van der Waals surface area (Å²) in [7, 11) is 0. The van der Waals surface area contributed by atoms with Crippen LogP contribution in [0.3, 0.4) is 0 Å². The summed E-state index contributed by atoms with van der Waals surface area (Å²) in [5, 5.41) is 10.1. The van der Waals surface area contributed by atoms with Crippen molar-refractivity contribution in [3.8, 4) is 0 Å². The fourth-order valence-electron chi connectivity index (χ4n) is 2.14. The molecule has 1 nitrogen and oxygen atoms in total. The second kappa shape index (κ2) is 5.91. The molecule has 0 spiro atoms. The third-order valence-electron chi connectivity index (χ3n) is 3.17. The normalized spacial score (nSPS) is 16.1. The van der Waals surface area contributed by atoms with E-state index in [1.54, 1.807) is 12.1 Å². The number of benzene rings is 1. The average Bonchev–Trinajstić information content (AvgIpc) is 2.25. The van der Waals surface area contributed by atoms with Crippen molar-refractivity contribution in [3.63, 3.8) is 0 Å². The maximum Gasteiger partial charge on any atom is 0.453 e. The highest BCUT2D eigenvalue weighted by molar-refractivity contribution is 5.28. The van der Waals surface area contributed by atoms with Crippen LogP contribution in [0.5, 0.6) is 0 Å². The first-order chi connectivity index (χ1) is 9.35. The Hall–Kier alpha value is -1.17. The minimum absolute atomic E-state index is 0.0598. The van der Waals surface area contributed by atoms with Gasteiger partial charge in [0.05, 0.1) is 12.0 Å². The predicted molar refractivity (Wildman–Crippen MR) is 70.2 cm³/mol. The van der Waals surface area contributed by atoms with E-state index in [0.717, 1.165) is 12.5 Å². The fourth-order valence-corrected chi connectivity index (χ4v) is 2.14. The van der Waals surface area contributed by atoms with E-state index in [1.807, 2.05) is 13.8 Å². The van der Waals surface area contributed by atoms with Crippen LogP contribution >= 0.6 is 0 Å². The van der Waals surface area contributed by atoms with Crippen LogP contribution in [0.25, 0.3) is 0 Å². The van der Waals surface area contributed by atoms with Gasteiger partial charge in [-0.3, -0.25) is 0 Å². The van der Waals surface area contributed by atoms with Crippen LogP contribution in [0.15, 0.2) is 24.3 Å². The van der Waals surface area contributed by atoms with E-state index in [0.29, 0.717) is 12.3 Å². The van der Waals surface area contributed by atoms with Gasteiger partial charge in [0.1, 0.15) is 0 Å². The minimum Gasteiger partial charge on any atom is -0.385 e. The first-order valence-electron chi connectivity index (χ1n) is 6.61. The molecule has 0 amide bonds. The van der Waals surface area contributed by atoms with Gasteiger partial charge in [0.2, 0.25) is 0 Å². The summed E-state index contributed by atoms with van der Waals surface area (Å²) in [5.74, 6) is -4.63. The molecule has 0 aliphatic carbocycles. The Bertz CT molecular complexity index is 477. The van der Waals surface area contributed by atoms with E-state index in [-0.39, 0.29) is 5.56 Å². The number of aliphatic hydroxyl groups is 1. The first kappa shape index (κ1) is 17.9. The molecule has 1 rings (SSSR count). The molecule has 1 atom stereocenters. The van der Waals surface area contributed by atoms with Crippen molar-refractivity contribution < 1.29 is 27.1 Å². The van der Waals surface area contributed by atoms with E-state index >= 15 is 0 Å². The van der Waals surface area contributed by atoms with Crippen molar-refractivity contribution in [2.45, 2.75) is 51.3 Å². The number of rotatable bonds is 5. The van der Waals surface area contributed by atoms with Gasteiger partial charge in [-0.2, -0.15) is 22.0 Å². The molecule has 0 heterocycles. The van der Waals surface area contributed by atoms with Crippen molar-refractivity contribution in [1.29, 1.82) is 0 Å². The molecule has 0 aromatic heterocycles. The summed E-state index contributed by atoms with van der Waals surface area (Å²) >= 11 is 0. The summed E-state index contributed by atoms with van der Waals surface area (Å²) in [6.07, 6.45) is -6.72. The first-order valence-corrected chi connectivity index (χ1v) is 6.61. The van der Waals surface area contributed by atoms with Crippen molar-refractivity contribution in [2.24, 2.45) is 5.92 Å². The van der Waals surface area contributed by atoms with Crippen LogP contribution in [0, 0.1) is 5.92 Å². The van der Waals surface area contributed by atoms with Crippen molar-refractivity contribution in [3.05, 3.63) is 35.4 Å². The summed E-state index contributed by atoms with van der Waals surface area (Å²) in [6, 6.07) is 6.14. The topological polar surface area (TPSA) is 20.2 Å². The largest absolute Gasteiger partial charge is 0.453 e. The summed E-state index contributed by atoms with van der Waals surface area (Å²) < 4.78 is 63.1. The van der Waals surface area contributed by atoms with E-state index in [1.165, 1.54) is 12.1 Å². The van der Waals surface area contributed by atoms with Gasteiger partial charge in [0.15, 0.2) is 0 Å². The monoisotopic (exact) mass is 310 g/mol. The average molecular weight is 310 g/mol. The number of hydrogen-bond acceptors (Lipinski definition) is 1. The van der Waals surface area contributed by atoms with Gasteiger partial charge >= 0.3 is 12.1 Å². The zero-order chi connectivity index (χ0) is 16.5. The van der Waals surface area contributed by atoms with Gasteiger partial charge in [0, 0.05) is 0 Å². The van der Waals surface area contributed by atoms with Gasteiger partial charge < -0.3 is 5.11 Å². The molecule has 0 aliphatic rings. The molecule has 1 aromatic carbocycles. The van der Waals surface area contributed by atoms with Gasteiger partial charge in [-0.25, -0.2) is 0 Å². The van der Waals surface area contributed by atoms with E-state index in [2.05, 4.69) is 0 Å². The Kier molecular flexibility index (Phi) is 5.03. The molecule has 1 aromatic rings. The maximum absolute atomic E-state index is 13.1. The molecule has 0 saturated carbocycles. The molecular weight excluding hydrogens is 291 g/mol. The highest BCUT2D eigenvalue weighted by Gasteiger charge is 2.59. The zero-order valence-corrected chi connectivity index (χ0v) is 12.1. The molecule has 0 radical (unpaired) electrons. The summed E-state index contributed by atoms with van der Waals surface area (Å²) in [4.78, 5) is 0. The lowest BCUT2D eigenvalue weighted by atomic mass is 9.87. The second-order valence-electron chi connectivity index (χ2n) is 5.95. The molecule has 0 saturated heterocycles. The lowest BCUT2D eigenvalue weighted by molar-refractivity contribution is -0.296. The molecule has 21 heavy (non-hydrogen) atoms. The molecule has 1 unspecified atom stereocenters. The predicted octanol–water partition coefficient (Wildman–Crippen LogP) is 4.68. The zero-order valence-electron chi connectivity index (χ0n) is 12.1. The number of alkyl halides is 5. The maximum atomic E-state index is 13.1. The molecule has 0 fully saturated rings. The van der Waals surface area contributed by atoms with Crippen LogP contribution in [0.4, 0.5) is 22.0 Å². The Morgan fingerprint density at radius 2 is 1.67 bits per heavy atom. The summed E-state index contributed by atoms with van der Waals surface area (Å²) in [6.45, 7) is 4.90. The Labute approximate surface area is 120 Å². The van der Waals surface area contributed by atoms with E-state index < -0.39 is 24.1 Å². The number of hydrogen-bond donors (Lipinski definition) is 1.